The van der Waals surface area contributed by atoms with E-state index in [-0.39, 0.29) is 118 Å². The number of carboxylic acids is 3. The summed E-state index contributed by atoms with van der Waals surface area (Å²) >= 11 is 2.32. The van der Waals surface area contributed by atoms with Crippen molar-refractivity contribution in [1.29, 1.82) is 0 Å². The largest absolute Gasteiger partial charge is 0.481 e. The van der Waals surface area contributed by atoms with Crippen molar-refractivity contribution < 1.29 is 87.4 Å². The number of H-pyrrole nitrogens is 1. The van der Waals surface area contributed by atoms with Gasteiger partial charge in [0.25, 0.3) is 0 Å². The Labute approximate surface area is 585 Å². The molecule has 1 aliphatic heterocycles. The molecule has 5 N–H and O–H groups in total. The Morgan fingerprint density at radius 1 is 0.660 bits per heavy atom. The molecular formula is C73H119N4O14S2Zn-. The minimum Gasteiger partial charge on any atom is -0.481 e. The second-order valence-corrected chi connectivity index (χ2v) is 35.5. The normalized spacial score (nSPS) is 23.0. The third-order valence-corrected chi connectivity index (χ3v) is 21.6. The maximum atomic E-state index is 15.5. The number of nitrogens with zero attached hydrogens (tertiary/aromatic N) is 2. The summed E-state index contributed by atoms with van der Waals surface area (Å²) in [5.41, 5.74) is -0.0488. The molecule has 1 aromatic heterocycles. The molecule has 0 spiro atoms. The number of carbonyl (C=O) groups is 8. The average molecular weight is 1410 g/mol. The fraction of sp³-hybridized carbons (Fsp3) is 0.767. The van der Waals surface area contributed by atoms with Gasteiger partial charge in [0.15, 0.2) is 0 Å². The summed E-state index contributed by atoms with van der Waals surface area (Å²) < 4.78 is 19.4. The van der Waals surface area contributed by atoms with Crippen molar-refractivity contribution in [2.75, 3.05) is 23.4 Å². The van der Waals surface area contributed by atoms with Crippen LogP contribution in [0.5, 0.6) is 0 Å². The Bertz CT molecular complexity index is 2850. The molecule has 3 aliphatic rings. The molecule has 21 heteroatoms. The molecule has 0 bridgehead atoms. The number of unbranched alkanes of at least 4 members (excludes halogenated alkanes) is 1. The van der Waals surface area contributed by atoms with E-state index >= 15 is 9.59 Å². The number of aromatic nitrogens is 1. The second-order valence-electron chi connectivity index (χ2n) is 32.7. The molecule has 0 radical (unpaired) electrons. The number of amides is 2. The van der Waals surface area contributed by atoms with Crippen molar-refractivity contribution in [3.63, 3.8) is 0 Å². The van der Waals surface area contributed by atoms with Crippen LogP contribution >= 0.6 is 23.5 Å². The fourth-order valence-corrected chi connectivity index (χ4v) is 14.4. The van der Waals surface area contributed by atoms with Gasteiger partial charge >= 0.3 is 35.8 Å². The molecular weight excluding hydrogens is 1290 g/mol. The number of rotatable bonds is 26. The van der Waals surface area contributed by atoms with E-state index in [2.05, 4.69) is 112 Å². The molecule has 2 aliphatic carbocycles. The van der Waals surface area contributed by atoms with Crippen LogP contribution < -0.4 is 5.32 Å². The van der Waals surface area contributed by atoms with Crippen molar-refractivity contribution in [1.82, 2.24) is 4.98 Å². The third-order valence-electron chi connectivity index (χ3n) is 19.2. The summed E-state index contributed by atoms with van der Waals surface area (Å²) in [6.45, 7) is 51.3. The molecule has 2 heterocycles. The molecule has 18 nitrogen and oxygen atoms in total. The molecule has 6 atom stereocenters. The predicted molar refractivity (Wildman–Crippen MR) is 375 cm³/mol. The summed E-state index contributed by atoms with van der Waals surface area (Å²) in [6, 6.07) is 0. The minimum absolute atomic E-state index is 0. The SMILES string of the molecule is CCC(C)(C)C(=O)O.CCC(C)(C)C(=O)OCCSC(C)C(=O)Nc1[nH]c(C=C2[N-]C(=NC(=O)CCCCSC(CC(=O)O)C(=O)O)C(C(=O)OC3C(C(C)(C)C)CC(C)CC3C(C)(C)C)=C2C(C)C)c(C(C)C)c1C(=O)OC1C(C(C)(C)C)CC(C)CC1C(C)(C)C.[Zn]. The molecule has 4 rings (SSSR count). The number of amidine groups is 1. The van der Waals surface area contributed by atoms with E-state index in [9.17, 15) is 39.0 Å². The summed E-state index contributed by atoms with van der Waals surface area (Å²) in [5, 5.41) is 33.6. The topological polar surface area (TPSA) is 279 Å². The van der Waals surface area contributed by atoms with E-state index in [1.165, 1.54) is 11.8 Å². The molecule has 1 aromatic rings. The van der Waals surface area contributed by atoms with Crippen molar-refractivity contribution >= 4 is 88.9 Å². The predicted octanol–water partition coefficient (Wildman–Crippen LogP) is 17.1. The van der Waals surface area contributed by atoms with Gasteiger partial charge in [-0.15, -0.1) is 23.5 Å². The zero-order valence-corrected chi connectivity index (χ0v) is 66.5. The number of hydrogen-bond donors (Lipinski definition) is 5. The molecule has 94 heavy (non-hydrogen) atoms. The number of nitrogens with one attached hydrogen (secondary N) is 2. The Hall–Kier alpha value is -4.49. The van der Waals surface area contributed by atoms with E-state index in [0.717, 1.165) is 37.4 Å². The first-order valence-electron chi connectivity index (χ1n) is 33.9. The van der Waals surface area contributed by atoms with Crippen LogP contribution in [0.25, 0.3) is 11.4 Å². The number of hydrogen-bond acceptors (Lipinski definition) is 13. The van der Waals surface area contributed by atoms with Crippen LogP contribution in [-0.4, -0.2) is 115 Å². The molecule has 6 unspecified atom stereocenters. The van der Waals surface area contributed by atoms with E-state index in [1.54, 1.807) is 26.8 Å². The molecule has 0 aromatic carbocycles. The summed E-state index contributed by atoms with van der Waals surface area (Å²) in [7, 11) is 0. The first-order valence-corrected chi connectivity index (χ1v) is 36.0. The number of anilines is 1. The number of carboxylic acid groups (broad SMARTS) is 3. The van der Waals surface area contributed by atoms with Gasteiger partial charge in [0.2, 0.25) is 5.91 Å². The average Bonchev–Trinajstić information content (AvgIpc) is 1.44. The quantitative estimate of drug-likeness (QED) is 0.0249. The van der Waals surface area contributed by atoms with Gasteiger partial charge in [-0.1, -0.05) is 138 Å². The van der Waals surface area contributed by atoms with Crippen LogP contribution in [-0.2, 0) is 67.3 Å². The van der Waals surface area contributed by atoms with Crippen molar-refractivity contribution in [2.45, 2.75) is 266 Å². The zero-order chi connectivity index (χ0) is 71.4. The fourth-order valence-electron chi connectivity index (χ4n) is 12.6. The number of aliphatic carboxylic acids is 3. The number of allylic oxidation sites excluding steroid dienone is 1. The van der Waals surface area contributed by atoms with Crippen molar-refractivity contribution in [3.8, 4) is 0 Å². The maximum absolute atomic E-state index is 15.5. The Morgan fingerprint density at radius 2 is 1.13 bits per heavy atom. The van der Waals surface area contributed by atoms with Crippen LogP contribution in [0.15, 0.2) is 21.8 Å². The van der Waals surface area contributed by atoms with Crippen LogP contribution in [0.1, 0.15) is 265 Å². The van der Waals surface area contributed by atoms with Gasteiger partial charge in [-0.2, -0.15) is 0 Å². The minimum atomic E-state index is -1.22. The molecule has 0 saturated heterocycles. The smallest absolute Gasteiger partial charge is 0.342 e. The van der Waals surface area contributed by atoms with Gasteiger partial charge in [0.1, 0.15) is 41.4 Å². The van der Waals surface area contributed by atoms with Gasteiger partial charge in [-0.25, -0.2) is 9.59 Å². The number of ether oxygens (including phenoxy) is 3. The monoisotopic (exact) mass is 1400 g/mol. The zero-order valence-electron chi connectivity index (χ0n) is 61.9. The van der Waals surface area contributed by atoms with Crippen molar-refractivity contribution in [3.05, 3.63) is 39.0 Å². The first-order chi connectivity index (χ1) is 42.5. The van der Waals surface area contributed by atoms with Crippen LogP contribution in [0.2, 0.25) is 0 Å². The van der Waals surface area contributed by atoms with Gasteiger partial charge in [-0.3, -0.25) is 28.8 Å². The van der Waals surface area contributed by atoms with E-state index in [1.807, 2.05) is 55.4 Å². The van der Waals surface area contributed by atoms with Gasteiger partial charge < -0.3 is 50.1 Å². The molecule has 2 fully saturated rings. The van der Waals surface area contributed by atoms with Gasteiger partial charge in [0, 0.05) is 61.0 Å². The molecule has 2 amide bonds. The van der Waals surface area contributed by atoms with Gasteiger partial charge in [-0.05, 0) is 166 Å². The maximum Gasteiger partial charge on any atom is 0.342 e. The van der Waals surface area contributed by atoms with Crippen LogP contribution in [0.4, 0.5) is 5.82 Å². The van der Waals surface area contributed by atoms with Crippen LogP contribution in [0.3, 0.4) is 0 Å². The second kappa shape index (κ2) is 35.3. The summed E-state index contributed by atoms with van der Waals surface area (Å²) in [6.07, 6.45) is 5.71. The standard InChI is InChI=1S/C67H108N4O12S2.C6H12O2.Zn/c1-23-67(21,22)62(80)81-27-29-84-40(8)58(75)71-57-53(61(79)83-55-43(65(15,16)17)32-39(7)33-44(55)66(18,19)20)51(37(4)5)46(69-57)34-45-50(36(2)3)52(56(68-45)70-48(72)26-24-25-28-85-47(59(76)77)35-49(73)74)60(78)82-54-41(63(9,10)11)30-38(6)31-42(54)64(12,13)14;1-4-6(2,3)5(7)8;/h34,36-44,47,54-55H,23-33,35H2,1-22H3,(H5,68,69,70,71,72,73,74,75,76,77,78,79);4H2,1-3H3,(H,7,8);/p-1. The number of carbonyl (C=O) groups excluding carboxylic acids is 5. The summed E-state index contributed by atoms with van der Waals surface area (Å²) in [5.74, 6) is -4.84. The van der Waals surface area contributed by atoms with Crippen molar-refractivity contribution in [2.24, 2.45) is 78.9 Å². The molecule has 2 saturated carbocycles. The first kappa shape index (κ1) is 85.6. The number of aliphatic imine (C=N–C) groups is 1. The number of aromatic amines is 1. The number of esters is 3. The Kier molecular flexibility index (Phi) is 32.2. The Balaban J connectivity index is 0.00000312. The number of thioether (sulfide) groups is 2. The van der Waals surface area contributed by atoms with Crippen LogP contribution in [0, 0.1) is 73.9 Å². The Morgan fingerprint density at radius 3 is 1.52 bits per heavy atom. The van der Waals surface area contributed by atoms with Gasteiger partial charge in [0.05, 0.1) is 28.1 Å². The van der Waals surface area contributed by atoms with E-state index in [4.69, 9.17) is 24.6 Å². The third kappa shape index (κ3) is 24.2. The summed E-state index contributed by atoms with van der Waals surface area (Å²) in [4.78, 5) is 113. The van der Waals surface area contributed by atoms with E-state index < -0.39 is 81.6 Å². The van der Waals surface area contributed by atoms with E-state index in [0.29, 0.717) is 71.6 Å². The molecule has 530 valence electrons.